The molecular formula is C10H15ClFN3. The summed E-state index contributed by atoms with van der Waals surface area (Å²) >= 11 is 5.84. The Morgan fingerprint density at radius 1 is 1.53 bits per heavy atom. The lowest BCUT2D eigenvalue weighted by Crippen LogP contribution is -2.26. The number of aryl methyl sites for hydroxylation is 1. The van der Waals surface area contributed by atoms with Gasteiger partial charge in [-0.05, 0) is 13.3 Å². The molecule has 0 aliphatic rings. The number of rotatable bonds is 4. The van der Waals surface area contributed by atoms with Gasteiger partial charge in [0, 0.05) is 19.0 Å². The van der Waals surface area contributed by atoms with Crippen LogP contribution in [0.4, 0.5) is 10.2 Å². The van der Waals surface area contributed by atoms with Gasteiger partial charge in [0.15, 0.2) is 11.6 Å². The third-order valence-corrected chi connectivity index (χ3v) is 2.20. The summed E-state index contributed by atoms with van der Waals surface area (Å²) in [4.78, 5) is 9.50. The fraction of sp³-hybridized carbons (Fsp3) is 0.600. The predicted molar refractivity (Wildman–Crippen MR) is 60.0 cm³/mol. The zero-order chi connectivity index (χ0) is 11.4. The largest absolute Gasteiger partial charge is 0.356 e. The molecule has 0 saturated carbocycles. The van der Waals surface area contributed by atoms with Crippen LogP contribution in [-0.2, 0) is 6.42 Å². The Morgan fingerprint density at radius 2 is 2.20 bits per heavy atom. The van der Waals surface area contributed by atoms with Crippen molar-refractivity contribution in [3.8, 4) is 0 Å². The van der Waals surface area contributed by atoms with E-state index in [0.717, 1.165) is 0 Å². The molecule has 0 amide bonds. The quantitative estimate of drug-likeness (QED) is 0.745. The normalized spacial score (nSPS) is 12.6. The number of hydrogen-bond acceptors (Lipinski definition) is 3. The maximum atomic E-state index is 13.8. The number of nitrogens with zero attached hydrogens (tertiary/aromatic N) is 3. The monoisotopic (exact) mass is 231 g/mol. The van der Waals surface area contributed by atoms with Crippen molar-refractivity contribution in [2.45, 2.75) is 25.6 Å². The minimum absolute atomic E-state index is 0.0468. The predicted octanol–water partition coefficient (Wildman–Crippen LogP) is 2.24. The summed E-state index contributed by atoms with van der Waals surface area (Å²) in [5.41, 5.74) is 0.439. The first kappa shape index (κ1) is 12.2. The van der Waals surface area contributed by atoms with Crippen LogP contribution in [0, 0.1) is 5.82 Å². The summed E-state index contributed by atoms with van der Waals surface area (Å²) in [6, 6.07) is 0. The molecule has 5 heteroatoms. The average Bonchev–Trinajstić information content (AvgIpc) is 2.17. The molecule has 1 heterocycles. The van der Waals surface area contributed by atoms with Crippen LogP contribution in [0.2, 0.25) is 0 Å². The molecule has 0 aliphatic carbocycles. The van der Waals surface area contributed by atoms with Crippen LogP contribution in [0.1, 0.15) is 19.5 Å². The Labute approximate surface area is 94.3 Å². The van der Waals surface area contributed by atoms with Gasteiger partial charge in [0.25, 0.3) is 0 Å². The van der Waals surface area contributed by atoms with Crippen molar-refractivity contribution in [2.75, 3.05) is 18.5 Å². The molecule has 0 N–H and O–H groups in total. The van der Waals surface area contributed by atoms with Crippen LogP contribution in [0.5, 0.6) is 0 Å². The molecule has 1 aromatic heterocycles. The topological polar surface area (TPSA) is 29.0 Å². The lowest BCUT2D eigenvalue weighted by Gasteiger charge is -2.20. The highest BCUT2D eigenvalue weighted by Crippen LogP contribution is 2.17. The van der Waals surface area contributed by atoms with E-state index in [9.17, 15) is 4.39 Å². The zero-order valence-electron chi connectivity index (χ0n) is 9.17. The number of anilines is 1. The van der Waals surface area contributed by atoms with E-state index in [-0.39, 0.29) is 11.2 Å². The van der Waals surface area contributed by atoms with Gasteiger partial charge in [-0.1, -0.05) is 6.92 Å². The van der Waals surface area contributed by atoms with Gasteiger partial charge in [-0.2, -0.15) is 0 Å². The summed E-state index contributed by atoms with van der Waals surface area (Å²) in [6.07, 6.45) is 1.94. The molecule has 0 spiro atoms. The van der Waals surface area contributed by atoms with Gasteiger partial charge in [0.05, 0.1) is 5.69 Å². The van der Waals surface area contributed by atoms with Crippen molar-refractivity contribution >= 4 is 17.4 Å². The Balaban J connectivity index is 2.93. The molecule has 1 aromatic rings. The Morgan fingerprint density at radius 3 is 2.73 bits per heavy atom. The minimum atomic E-state index is -0.347. The highest BCUT2D eigenvalue weighted by atomic mass is 35.5. The van der Waals surface area contributed by atoms with Crippen molar-refractivity contribution in [2.24, 2.45) is 0 Å². The molecule has 3 nitrogen and oxygen atoms in total. The maximum Gasteiger partial charge on any atom is 0.187 e. The van der Waals surface area contributed by atoms with Gasteiger partial charge >= 0.3 is 0 Å². The molecule has 0 fully saturated rings. The molecule has 15 heavy (non-hydrogen) atoms. The standard InChI is InChI=1S/C10H15ClFN3/c1-4-8-9(12)10(14-6-13-8)15(3)5-7(2)11/h6-7H,4-5H2,1-3H3. The smallest absolute Gasteiger partial charge is 0.187 e. The fourth-order valence-electron chi connectivity index (χ4n) is 1.37. The number of hydrogen-bond donors (Lipinski definition) is 0. The summed E-state index contributed by atoms with van der Waals surface area (Å²) < 4.78 is 13.8. The summed E-state index contributed by atoms with van der Waals surface area (Å²) in [7, 11) is 1.77. The molecule has 0 saturated heterocycles. The minimum Gasteiger partial charge on any atom is -0.356 e. The third-order valence-electron chi connectivity index (χ3n) is 2.07. The summed E-state index contributed by atoms with van der Waals surface area (Å²) in [5, 5.41) is -0.0468. The third kappa shape index (κ3) is 3.02. The van der Waals surface area contributed by atoms with E-state index in [0.29, 0.717) is 24.5 Å². The molecule has 84 valence electrons. The van der Waals surface area contributed by atoms with E-state index in [4.69, 9.17) is 11.6 Å². The van der Waals surface area contributed by atoms with E-state index < -0.39 is 0 Å². The maximum absolute atomic E-state index is 13.8. The first-order valence-corrected chi connectivity index (χ1v) is 5.34. The van der Waals surface area contributed by atoms with Crippen LogP contribution in [0.25, 0.3) is 0 Å². The Hall–Kier alpha value is -0.900. The molecule has 0 aromatic carbocycles. The first-order chi connectivity index (χ1) is 7.06. The summed E-state index contributed by atoms with van der Waals surface area (Å²) in [6.45, 7) is 4.27. The second-order valence-electron chi connectivity index (χ2n) is 3.47. The van der Waals surface area contributed by atoms with E-state index in [1.165, 1.54) is 6.33 Å². The lowest BCUT2D eigenvalue weighted by atomic mass is 10.3. The molecular weight excluding hydrogens is 217 g/mol. The first-order valence-electron chi connectivity index (χ1n) is 4.90. The van der Waals surface area contributed by atoms with Gasteiger partial charge in [-0.25, -0.2) is 14.4 Å². The van der Waals surface area contributed by atoms with E-state index >= 15 is 0 Å². The second-order valence-corrected chi connectivity index (χ2v) is 4.22. The zero-order valence-corrected chi connectivity index (χ0v) is 9.92. The van der Waals surface area contributed by atoms with Crippen molar-refractivity contribution in [3.05, 3.63) is 17.8 Å². The van der Waals surface area contributed by atoms with Crippen molar-refractivity contribution < 1.29 is 4.39 Å². The molecule has 1 atom stereocenters. The van der Waals surface area contributed by atoms with Crippen LogP contribution < -0.4 is 4.90 Å². The SMILES string of the molecule is CCc1ncnc(N(C)CC(C)Cl)c1F. The Kier molecular flexibility index (Phi) is 4.27. The van der Waals surface area contributed by atoms with Crippen LogP contribution >= 0.6 is 11.6 Å². The van der Waals surface area contributed by atoms with Crippen molar-refractivity contribution in [1.82, 2.24) is 9.97 Å². The van der Waals surface area contributed by atoms with Crippen LogP contribution in [-0.4, -0.2) is 28.9 Å². The van der Waals surface area contributed by atoms with Gasteiger partial charge in [-0.3, -0.25) is 0 Å². The van der Waals surface area contributed by atoms with Crippen molar-refractivity contribution in [3.63, 3.8) is 0 Å². The Bertz CT molecular complexity index is 330. The number of alkyl halides is 1. The highest BCUT2D eigenvalue weighted by molar-refractivity contribution is 6.20. The average molecular weight is 232 g/mol. The second kappa shape index (κ2) is 5.26. The fourth-order valence-corrected chi connectivity index (χ4v) is 1.58. The molecule has 1 rings (SSSR count). The van der Waals surface area contributed by atoms with E-state index in [1.54, 1.807) is 11.9 Å². The van der Waals surface area contributed by atoms with E-state index in [1.807, 2.05) is 13.8 Å². The highest BCUT2D eigenvalue weighted by Gasteiger charge is 2.14. The van der Waals surface area contributed by atoms with Crippen LogP contribution in [0.15, 0.2) is 6.33 Å². The van der Waals surface area contributed by atoms with Crippen LogP contribution in [0.3, 0.4) is 0 Å². The number of aromatic nitrogens is 2. The van der Waals surface area contributed by atoms with Gasteiger partial charge in [-0.15, -0.1) is 11.6 Å². The van der Waals surface area contributed by atoms with E-state index in [2.05, 4.69) is 9.97 Å². The number of halogens is 2. The van der Waals surface area contributed by atoms with Crippen molar-refractivity contribution in [1.29, 1.82) is 0 Å². The molecule has 0 bridgehead atoms. The van der Waals surface area contributed by atoms with Gasteiger partial charge in [0.2, 0.25) is 0 Å². The molecule has 0 aliphatic heterocycles. The molecule has 0 radical (unpaired) electrons. The van der Waals surface area contributed by atoms with Gasteiger partial charge < -0.3 is 4.90 Å². The van der Waals surface area contributed by atoms with Gasteiger partial charge in [0.1, 0.15) is 6.33 Å². The summed E-state index contributed by atoms with van der Waals surface area (Å²) in [5.74, 6) is -0.0332. The lowest BCUT2D eigenvalue weighted by molar-refractivity contribution is 0.587. The molecule has 1 unspecified atom stereocenters.